The van der Waals surface area contributed by atoms with Crippen LogP contribution >= 0.6 is 0 Å². The summed E-state index contributed by atoms with van der Waals surface area (Å²) in [5.74, 6) is 0.571. The van der Waals surface area contributed by atoms with Crippen LogP contribution in [0.15, 0.2) is 6.07 Å². The number of hydrogen-bond donors (Lipinski definition) is 0. The second kappa shape index (κ2) is 2.88. The third kappa shape index (κ3) is 2.23. The Morgan fingerprint density at radius 1 is 1.60 bits per heavy atom. The molecule has 1 aliphatic heterocycles. The van der Waals surface area contributed by atoms with Gasteiger partial charge < -0.3 is 8.92 Å². The third-order valence-electron chi connectivity index (χ3n) is 1.87. The lowest BCUT2D eigenvalue weighted by atomic mass is 10.1. The number of rotatable bonds is 2. The fourth-order valence-electron chi connectivity index (χ4n) is 1.44. The van der Waals surface area contributed by atoms with E-state index in [0.717, 1.165) is 6.26 Å². The molecule has 0 bridgehead atoms. The Labute approximate surface area is 87.9 Å². The second-order valence-electron chi connectivity index (χ2n) is 4.13. The lowest BCUT2D eigenvalue weighted by molar-refractivity contribution is 0.135. The van der Waals surface area contributed by atoms with Crippen molar-refractivity contribution in [1.82, 2.24) is 9.78 Å². The first-order valence-corrected chi connectivity index (χ1v) is 6.23. The summed E-state index contributed by atoms with van der Waals surface area (Å²) in [6.45, 7) is 4.44. The van der Waals surface area contributed by atoms with Gasteiger partial charge in [0.05, 0.1) is 18.9 Å². The molecule has 15 heavy (non-hydrogen) atoms. The van der Waals surface area contributed by atoms with Crippen molar-refractivity contribution in [2.45, 2.75) is 26.0 Å². The fourth-order valence-corrected chi connectivity index (χ4v) is 1.84. The van der Waals surface area contributed by atoms with Gasteiger partial charge >= 0.3 is 10.1 Å². The molecule has 0 N–H and O–H groups in total. The molecule has 1 aromatic rings. The number of nitrogens with zero attached hydrogens (tertiary/aromatic N) is 2. The minimum Gasteiger partial charge on any atom is -0.470 e. The molecule has 0 aromatic carbocycles. The first-order valence-electron chi connectivity index (χ1n) is 4.41. The fraction of sp³-hybridized carbons (Fsp3) is 0.625. The van der Waals surface area contributed by atoms with E-state index >= 15 is 0 Å². The van der Waals surface area contributed by atoms with Gasteiger partial charge in [0.1, 0.15) is 5.60 Å². The summed E-state index contributed by atoms with van der Waals surface area (Å²) in [5.41, 5.74) is -0.300. The second-order valence-corrected chi connectivity index (χ2v) is 5.70. The van der Waals surface area contributed by atoms with E-state index in [9.17, 15) is 8.42 Å². The molecule has 0 aliphatic carbocycles. The Hall–Kier alpha value is -1.24. The number of ether oxygens (including phenoxy) is 1. The molecule has 0 amide bonds. The molecule has 0 fully saturated rings. The van der Waals surface area contributed by atoms with Crippen LogP contribution in [0.2, 0.25) is 0 Å². The van der Waals surface area contributed by atoms with E-state index in [0.29, 0.717) is 12.4 Å². The predicted molar refractivity (Wildman–Crippen MR) is 52.4 cm³/mol. The first-order chi connectivity index (χ1) is 6.75. The first kappa shape index (κ1) is 10.3. The molecule has 84 valence electrons. The molecule has 0 spiro atoms. The van der Waals surface area contributed by atoms with Gasteiger partial charge in [-0.3, -0.25) is 0 Å². The van der Waals surface area contributed by atoms with Crippen LogP contribution in [-0.4, -0.2) is 30.1 Å². The van der Waals surface area contributed by atoms with Crippen LogP contribution < -0.4 is 8.92 Å². The highest BCUT2D eigenvalue weighted by Gasteiger charge is 2.32. The minimum absolute atomic E-state index is 0.0444. The van der Waals surface area contributed by atoms with Crippen molar-refractivity contribution < 1.29 is 17.3 Å². The lowest BCUT2D eigenvalue weighted by Gasteiger charge is -2.15. The molecule has 0 radical (unpaired) electrons. The quantitative estimate of drug-likeness (QED) is 0.690. The largest absolute Gasteiger partial charge is 0.470 e. The molecule has 7 heteroatoms. The number of hydrogen-bond acceptors (Lipinski definition) is 5. The molecule has 2 rings (SSSR count). The van der Waals surface area contributed by atoms with Crippen molar-refractivity contribution in [3.05, 3.63) is 6.07 Å². The Bertz CT molecular complexity index is 463. The van der Waals surface area contributed by atoms with Crippen LogP contribution in [0.5, 0.6) is 11.8 Å². The molecule has 0 saturated carbocycles. The Kier molecular flexibility index (Phi) is 1.97. The van der Waals surface area contributed by atoms with Gasteiger partial charge in [0.2, 0.25) is 5.88 Å². The maximum atomic E-state index is 10.8. The summed E-state index contributed by atoms with van der Waals surface area (Å²) in [6, 6.07) is 1.47. The Morgan fingerprint density at radius 3 is 2.80 bits per heavy atom. The van der Waals surface area contributed by atoms with Gasteiger partial charge in [-0.2, -0.15) is 8.42 Å². The SMILES string of the molecule is CC1(C)Cn2nc(OS(C)(=O)=O)cc2O1. The van der Waals surface area contributed by atoms with Gasteiger partial charge in [0.15, 0.2) is 0 Å². The highest BCUT2D eigenvalue weighted by molar-refractivity contribution is 7.86. The Balaban J connectivity index is 2.22. The van der Waals surface area contributed by atoms with Gasteiger partial charge in [-0.05, 0) is 13.8 Å². The predicted octanol–water partition coefficient (Wildman–Crippen LogP) is 0.392. The van der Waals surface area contributed by atoms with E-state index in [1.54, 1.807) is 4.68 Å². The standard InChI is InChI=1S/C8H12N2O4S/c1-8(2)5-10-7(13-8)4-6(9-10)14-15(3,11)12/h4H,5H2,1-3H3. The van der Waals surface area contributed by atoms with E-state index in [4.69, 9.17) is 4.74 Å². The van der Waals surface area contributed by atoms with Crippen LogP contribution in [0, 0.1) is 0 Å². The van der Waals surface area contributed by atoms with E-state index < -0.39 is 10.1 Å². The van der Waals surface area contributed by atoms with Crippen molar-refractivity contribution in [1.29, 1.82) is 0 Å². The van der Waals surface area contributed by atoms with E-state index in [2.05, 4.69) is 9.28 Å². The van der Waals surface area contributed by atoms with Crippen molar-refractivity contribution in [2.75, 3.05) is 6.26 Å². The summed E-state index contributed by atoms with van der Waals surface area (Å²) in [7, 11) is -3.52. The summed E-state index contributed by atoms with van der Waals surface area (Å²) >= 11 is 0. The van der Waals surface area contributed by atoms with Crippen LogP contribution in [0.3, 0.4) is 0 Å². The Morgan fingerprint density at radius 2 is 2.27 bits per heavy atom. The molecule has 6 nitrogen and oxygen atoms in total. The molecule has 1 aliphatic rings. The summed E-state index contributed by atoms with van der Waals surface area (Å²) < 4.78 is 33.4. The van der Waals surface area contributed by atoms with E-state index in [-0.39, 0.29) is 11.5 Å². The highest BCUT2D eigenvalue weighted by Crippen LogP contribution is 2.31. The molecular weight excluding hydrogens is 220 g/mol. The van der Waals surface area contributed by atoms with E-state index in [1.807, 2.05) is 13.8 Å². The van der Waals surface area contributed by atoms with Crippen molar-refractivity contribution >= 4 is 10.1 Å². The third-order valence-corrected chi connectivity index (χ3v) is 2.34. The molecule has 2 heterocycles. The zero-order chi connectivity index (χ0) is 11.3. The van der Waals surface area contributed by atoms with Gasteiger partial charge in [-0.25, -0.2) is 4.68 Å². The van der Waals surface area contributed by atoms with Crippen LogP contribution in [0.25, 0.3) is 0 Å². The summed E-state index contributed by atoms with van der Waals surface area (Å²) in [5, 5.41) is 3.96. The average molecular weight is 232 g/mol. The molecule has 1 aromatic heterocycles. The smallest absolute Gasteiger partial charge is 0.307 e. The van der Waals surface area contributed by atoms with Gasteiger partial charge in [-0.1, -0.05) is 0 Å². The van der Waals surface area contributed by atoms with Crippen LogP contribution in [0.4, 0.5) is 0 Å². The van der Waals surface area contributed by atoms with Gasteiger partial charge in [0, 0.05) is 0 Å². The monoisotopic (exact) mass is 232 g/mol. The van der Waals surface area contributed by atoms with Gasteiger partial charge in [-0.15, -0.1) is 5.10 Å². The van der Waals surface area contributed by atoms with Crippen LogP contribution in [-0.2, 0) is 16.7 Å². The maximum absolute atomic E-state index is 10.8. The topological polar surface area (TPSA) is 70.4 Å². The zero-order valence-electron chi connectivity index (χ0n) is 8.72. The highest BCUT2D eigenvalue weighted by atomic mass is 32.2. The average Bonchev–Trinajstić information content (AvgIpc) is 2.35. The zero-order valence-corrected chi connectivity index (χ0v) is 9.54. The summed E-state index contributed by atoms with van der Waals surface area (Å²) in [4.78, 5) is 0. The molecule has 0 atom stereocenters. The number of aromatic nitrogens is 2. The van der Waals surface area contributed by atoms with Crippen molar-refractivity contribution in [3.63, 3.8) is 0 Å². The van der Waals surface area contributed by atoms with Gasteiger partial charge in [0.25, 0.3) is 5.88 Å². The van der Waals surface area contributed by atoms with Crippen molar-refractivity contribution in [2.24, 2.45) is 0 Å². The lowest BCUT2D eigenvalue weighted by Crippen LogP contribution is -2.26. The van der Waals surface area contributed by atoms with Crippen LogP contribution in [0.1, 0.15) is 13.8 Å². The molecular formula is C8H12N2O4S. The number of fused-ring (bicyclic) bond motifs is 1. The van der Waals surface area contributed by atoms with E-state index in [1.165, 1.54) is 6.07 Å². The molecule has 0 unspecified atom stereocenters. The molecule has 0 saturated heterocycles. The maximum Gasteiger partial charge on any atom is 0.307 e. The summed E-state index contributed by atoms with van der Waals surface area (Å²) in [6.07, 6.45) is 0.974. The minimum atomic E-state index is -3.52. The normalized spacial score (nSPS) is 18.3. The van der Waals surface area contributed by atoms with Crippen molar-refractivity contribution in [3.8, 4) is 11.8 Å².